The van der Waals surface area contributed by atoms with Crippen molar-refractivity contribution in [3.05, 3.63) is 75.8 Å². The van der Waals surface area contributed by atoms with Gasteiger partial charge >= 0.3 is 0 Å². The Morgan fingerprint density at radius 2 is 2.00 bits per heavy atom. The second-order valence-corrected chi connectivity index (χ2v) is 9.41. The van der Waals surface area contributed by atoms with Crippen LogP contribution in [0.3, 0.4) is 0 Å². The Morgan fingerprint density at radius 1 is 1.24 bits per heavy atom. The quantitative estimate of drug-likeness (QED) is 0.281. The number of hydrogen-bond donors (Lipinski definition) is 2. The first-order valence-electron chi connectivity index (χ1n) is 8.69. The van der Waals surface area contributed by atoms with E-state index >= 15 is 0 Å². The van der Waals surface area contributed by atoms with E-state index in [-0.39, 0.29) is 23.6 Å². The second kappa shape index (κ2) is 9.27. The fourth-order valence-electron chi connectivity index (χ4n) is 2.80. The number of oxime groups is 1. The van der Waals surface area contributed by atoms with E-state index in [1.54, 1.807) is 36.4 Å². The highest BCUT2D eigenvalue weighted by molar-refractivity contribution is 9.10. The largest absolute Gasteiger partial charge is 0.411 e. The zero-order valence-corrected chi connectivity index (χ0v) is 17.6. The van der Waals surface area contributed by atoms with E-state index in [0.29, 0.717) is 33.5 Å². The van der Waals surface area contributed by atoms with Crippen molar-refractivity contribution >= 4 is 31.4 Å². The molecule has 2 N–H and O–H groups in total. The molecule has 0 spiro atoms. The summed E-state index contributed by atoms with van der Waals surface area (Å²) in [6.45, 7) is 0. The van der Waals surface area contributed by atoms with Crippen LogP contribution in [0.25, 0.3) is 0 Å². The van der Waals surface area contributed by atoms with Crippen LogP contribution in [0, 0.1) is 10.6 Å². The van der Waals surface area contributed by atoms with Gasteiger partial charge in [0.1, 0.15) is 17.2 Å². The molecule has 7 nitrogen and oxygen atoms in total. The maximum atomic E-state index is 13.4. The summed E-state index contributed by atoms with van der Waals surface area (Å²) in [5, 5.41) is 20.4. The lowest BCUT2D eigenvalue weighted by atomic mass is 10.0. The molecule has 1 atom stereocenters. The number of halogens is 2. The minimum absolute atomic E-state index is 0.153. The van der Waals surface area contributed by atoms with Crippen LogP contribution in [0.2, 0.25) is 0 Å². The molecule has 0 saturated carbocycles. The molecule has 0 fully saturated rings. The molecule has 10 heteroatoms. The van der Waals surface area contributed by atoms with Gasteiger partial charge in [0.15, 0.2) is 5.69 Å². The lowest BCUT2D eigenvalue weighted by molar-refractivity contribution is 0.300. The minimum Gasteiger partial charge on any atom is -0.411 e. The zero-order chi connectivity index (χ0) is 20.9. The van der Waals surface area contributed by atoms with Gasteiger partial charge in [-0.1, -0.05) is 34.6 Å². The standard InChI is InChI=1S/C19H18BrFN4O3S/c20-15-11-13(8-9-16(15)21)12-18(23-26)19-17(24-28-25-19)7-4-10-29(22,27)14-5-2-1-3-6-14/h1-3,5-6,8-9,11,22,26H,4,7,10,12H2/b23-18+. The molecule has 152 valence electrons. The molecule has 1 aromatic heterocycles. The molecule has 1 heterocycles. The van der Waals surface area contributed by atoms with Gasteiger partial charge in [-0.05, 0) is 63.8 Å². The second-order valence-electron chi connectivity index (χ2n) is 6.33. The molecule has 3 rings (SSSR count). The average molecular weight is 481 g/mol. The first kappa shape index (κ1) is 21.1. The summed E-state index contributed by atoms with van der Waals surface area (Å²) in [5.41, 5.74) is 1.65. The SMILES string of the molecule is N=S(=O)(CCCc1nonc1/C(Cc1ccc(F)c(Br)c1)=N/O)c1ccccc1. The number of aryl methyl sites for hydroxylation is 1. The Hall–Kier alpha value is -2.59. The molecular formula is C19H18BrFN4O3S. The van der Waals surface area contributed by atoms with Crippen LogP contribution in [0.1, 0.15) is 23.4 Å². The first-order chi connectivity index (χ1) is 13.9. The molecule has 0 saturated heterocycles. The lowest BCUT2D eigenvalue weighted by Crippen LogP contribution is -2.11. The van der Waals surface area contributed by atoms with Gasteiger partial charge in [-0.15, -0.1) is 0 Å². The monoisotopic (exact) mass is 480 g/mol. The smallest absolute Gasteiger partial charge is 0.156 e. The highest BCUT2D eigenvalue weighted by Crippen LogP contribution is 2.19. The Balaban J connectivity index is 1.68. The van der Waals surface area contributed by atoms with Crippen LogP contribution in [-0.2, 0) is 22.6 Å². The molecule has 0 aliphatic carbocycles. The molecule has 0 amide bonds. The molecular weight excluding hydrogens is 463 g/mol. The predicted molar refractivity (Wildman–Crippen MR) is 109 cm³/mol. The van der Waals surface area contributed by atoms with E-state index in [1.165, 1.54) is 6.07 Å². The van der Waals surface area contributed by atoms with Gasteiger partial charge in [0, 0.05) is 17.1 Å². The Morgan fingerprint density at radius 3 is 2.69 bits per heavy atom. The molecule has 1 unspecified atom stereocenters. The molecule has 0 bridgehead atoms. The van der Waals surface area contributed by atoms with E-state index in [4.69, 9.17) is 9.41 Å². The maximum Gasteiger partial charge on any atom is 0.156 e. The van der Waals surface area contributed by atoms with E-state index in [9.17, 15) is 13.8 Å². The summed E-state index contributed by atoms with van der Waals surface area (Å²) in [6.07, 6.45) is 0.961. The van der Waals surface area contributed by atoms with Crippen LogP contribution in [0.15, 0.2) is 67.7 Å². The molecule has 0 aliphatic heterocycles. The van der Waals surface area contributed by atoms with Crippen molar-refractivity contribution in [2.24, 2.45) is 5.16 Å². The van der Waals surface area contributed by atoms with E-state index in [1.807, 2.05) is 6.07 Å². The van der Waals surface area contributed by atoms with Crippen LogP contribution >= 0.6 is 15.9 Å². The highest BCUT2D eigenvalue weighted by Gasteiger charge is 2.19. The minimum atomic E-state index is -2.91. The molecule has 29 heavy (non-hydrogen) atoms. The summed E-state index contributed by atoms with van der Waals surface area (Å²) >= 11 is 3.12. The van der Waals surface area contributed by atoms with Crippen molar-refractivity contribution in [1.82, 2.24) is 10.3 Å². The predicted octanol–water partition coefficient (Wildman–Crippen LogP) is 4.43. The van der Waals surface area contributed by atoms with Gasteiger partial charge in [0.25, 0.3) is 0 Å². The van der Waals surface area contributed by atoms with Crippen molar-refractivity contribution in [1.29, 1.82) is 4.78 Å². The molecule has 0 aliphatic rings. The first-order valence-corrected chi connectivity index (χ1v) is 11.2. The number of rotatable bonds is 8. The van der Waals surface area contributed by atoms with Gasteiger partial charge < -0.3 is 5.21 Å². The zero-order valence-electron chi connectivity index (χ0n) is 15.2. The van der Waals surface area contributed by atoms with Gasteiger partial charge in [-0.2, -0.15) is 0 Å². The van der Waals surface area contributed by atoms with E-state index < -0.39 is 15.5 Å². The number of hydrogen-bond acceptors (Lipinski definition) is 7. The third-order valence-electron chi connectivity index (χ3n) is 4.28. The lowest BCUT2D eigenvalue weighted by Gasteiger charge is -2.07. The summed E-state index contributed by atoms with van der Waals surface area (Å²) < 4.78 is 39.2. The molecule has 0 radical (unpaired) electrons. The Kier molecular flexibility index (Phi) is 6.75. The maximum absolute atomic E-state index is 13.4. The summed E-state index contributed by atoms with van der Waals surface area (Å²) in [5.74, 6) is -0.239. The third-order valence-corrected chi connectivity index (χ3v) is 6.78. The Labute approximate surface area is 175 Å². The van der Waals surface area contributed by atoms with Crippen molar-refractivity contribution in [3.63, 3.8) is 0 Å². The van der Waals surface area contributed by atoms with Crippen molar-refractivity contribution in [3.8, 4) is 0 Å². The van der Waals surface area contributed by atoms with Crippen molar-refractivity contribution < 1.29 is 18.4 Å². The summed E-state index contributed by atoms with van der Waals surface area (Å²) in [4.78, 5) is 0.484. The van der Waals surface area contributed by atoms with Gasteiger partial charge in [-0.25, -0.2) is 18.0 Å². The van der Waals surface area contributed by atoms with Crippen LogP contribution in [-0.4, -0.2) is 31.2 Å². The van der Waals surface area contributed by atoms with Gasteiger partial charge in [0.2, 0.25) is 0 Å². The van der Waals surface area contributed by atoms with E-state index in [2.05, 4.69) is 31.4 Å². The van der Waals surface area contributed by atoms with Crippen molar-refractivity contribution in [2.75, 3.05) is 5.75 Å². The van der Waals surface area contributed by atoms with Crippen LogP contribution in [0.4, 0.5) is 4.39 Å². The van der Waals surface area contributed by atoms with Crippen LogP contribution in [0.5, 0.6) is 0 Å². The number of aromatic nitrogens is 2. The van der Waals surface area contributed by atoms with Crippen molar-refractivity contribution in [2.45, 2.75) is 24.2 Å². The molecule has 3 aromatic rings. The summed E-state index contributed by atoms with van der Waals surface area (Å²) in [6, 6.07) is 13.1. The third kappa shape index (κ3) is 5.27. The highest BCUT2D eigenvalue weighted by atomic mass is 79.9. The van der Waals surface area contributed by atoms with E-state index in [0.717, 1.165) is 0 Å². The normalized spacial score (nSPS) is 13.9. The summed E-state index contributed by atoms with van der Waals surface area (Å²) in [7, 11) is -2.91. The number of nitrogens with one attached hydrogen (secondary N) is 1. The Bertz CT molecular complexity index is 1120. The fraction of sp³-hybridized carbons (Fsp3) is 0.211. The van der Waals surface area contributed by atoms with Gasteiger partial charge in [-0.3, -0.25) is 0 Å². The number of benzene rings is 2. The number of nitrogens with zero attached hydrogens (tertiary/aromatic N) is 3. The van der Waals surface area contributed by atoms with Crippen LogP contribution < -0.4 is 0 Å². The van der Waals surface area contributed by atoms with Gasteiger partial charge in [0.05, 0.1) is 14.2 Å². The topological polar surface area (TPSA) is 112 Å². The average Bonchev–Trinajstić information content (AvgIpc) is 3.17. The molecule has 2 aromatic carbocycles. The fourth-order valence-corrected chi connectivity index (χ4v) is 4.61.